The van der Waals surface area contributed by atoms with E-state index < -0.39 is 23.5 Å². The van der Waals surface area contributed by atoms with Crippen molar-refractivity contribution >= 4 is 11.8 Å². The Labute approximate surface area is 252 Å². The Morgan fingerprint density at radius 2 is 1.67 bits per heavy atom. The van der Waals surface area contributed by atoms with Crippen LogP contribution in [0.2, 0.25) is 0 Å². The zero-order chi connectivity index (χ0) is 29.9. The summed E-state index contributed by atoms with van der Waals surface area (Å²) >= 11 is 0. The van der Waals surface area contributed by atoms with Gasteiger partial charge in [-0.05, 0) is 80.8 Å². The summed E-state index contributed by atoms with van der Waals surface area (Å²) in [6.07, 6.45) is 7.61. The molecule has 0 spiro atoms. The van der Waals surface area contributed by atoms with Gasteiger partial charge in [0.15, 0.2) is 11.6 Å². The molecule has 3 fully saturated rings. The highest BCUT2D eigenvalue weighted by molar-refractivity contribution is 6.02. The molecular weight excluding hydrogens is 546 g/mol. The fourth-order valence-corrected chi connectivity index (χ4v) is 7.48. The van der Waals surface area contributed by atoms with Gasteiger partial charge in [-0.1, -0.05) is 42.5 Å². The van der Waals surface area contributed by atoms with Crippen molar-refractivity contribution in [3.8, 4) is 0 Å². The largest absolute Gasteiger partial charge is 0.351 e. The van der Waals surface area contributed by atoms with Crippen LogP contribution in [0.25, 0.3) is 0 Å². The van der Waals surface area contributed by atoms with E-state index in [-0.39, 0.29) is 23.9 Å². The number of hydrogen-bond donors (Lipinski definition) is 1. The van der Waals surface area contributed by atoms with Crippen LogP contribution in [-0.2, 0) is 9.59 Å². The number of pyridine rings is 1. The van der Waals surface area contributed by atoms with Crippen molar-refractivity contribution in [1.29, 1.82) is 0 Å². The molecule has 2 amide bonds. The van der Waals surface area contributed by atoms with Crippen LogP contribution >= 0.6 is 0 Å². The summed E-state index contributed by atoms with van der Waals surface area (Å²) in [6.45, 7) is 4.07. The first kappa shape index (κ1) is 29.4. The summed E-state index contributed by atoms with van der Waals surface area (Å²) in [7, 11) is 0. The number of likely N-dealkylation sites (tertiary alicyclic amines) is 2. The van der Waals surface area contributed by atoms with Gasteiger partial charge in [0.2, 0.25) is 11.8 Å². The average molecular weight is 587 g/mol. The molecule has 0 radical (unpaired) electrons. The predicted molar refractivity (Wildman–Crippen MR) is 161 cm³/mol. The van der Waals surface area contributed by atoms with E-state index >= 15 is 0 Å². The van der Waals surface area contributed by atoms with Gasteiger partial charge < -0.3 is 10.2 Å². The Bertz CT molecular complexity index is 1410. The number of nitrogens with zero attached hydrogens (tertiary/aromatic N) is 3. The van der Waals surface area contributed by atoms with Gasteiger partial charge in [-0.2, -0.15) is 0 Å². The maximum absolute atomic E-state index is 14.3. The third-order valence-electron chi connectivity index (χ3n) is 9.92. The zero-order valence-electron chi connectivity index (χ0n) is 24.7. The second-order valence-electron chi connectivity index (χ2n) is 12.4. The lowest BCUT2D eigenvalue weighted by Gasteiger charge is -2.41. The molecule has 226 valence electrons. The summed E-state index contributed by atoms with van der Waals surface area (Å²) in [5.74, 6) is -3.52. The van der Waals surface area contributed by atoms with Gasteiger partial charge in [-0.25, -0.2) is 8.78 Å². The molecule has 2 aliphatic heterocycles. The van der Waals surface area contributed by atoms with E-state index in [9.17, 15) is 18.4 Å². The van der Waals surface area contributed by atoms with Gasteiger partial charge in [0.1, 0.15) is 5.92 Å². The summed E-state index contributed by atoms with van der Waals surface area (Å²) in [5.41, 5.74) is 2.65. The predicted octanol–water partition coefficient (Wildman–Crippen LogP) is 5.97. The number of carbonyl (C=O) groups excluding carboxylic acids is 2. The Morgan fingerprint density at radius 1 is 0.907 bits per heavy atom. The van der Waals surface area contributed by atoms with E-state index in [1.807, 2.05) is 49.5 Å². The molecule has 3 aliphatic rings. The van der Waals surface area contributed by atoms with Gasteiger partial charge in [-0.3, -0.25) is 19.5 Å². The fourth-order valence-electron chi connectivity index (χ4n) is 7.48. The Balaban J connectivity index is 1.14. The topological polar surface area (TPSA) is 65.5 Å². The van der Waals surface area contributed by atoms with Crippen molar-refractivity contribution in [2.24, 2.45) is 5.92 Å². The van der Waals surface area contributed by atoms with E-state index in [4.69, 9.17) is 0 Å². The molecule has 3 heterocycles. The summed E-state index contributed by atoms with van der Waals surface area (Å²) in [6, 6.07) is 19.8. The molecule has 8 heteroatoms. The summed E-state index contributed by atoms with van der Waals surface area (Å²) in [5, 5.41) is 3.20. The second kappa shape index (κ2) is 12.9. The average Bonchev–Trinajstić information content (AvgIpc) is 3.51. The Kier molecular flexibility index (Phi) is 8.84. The zero-order valence-corrected chi connectivity index (χ0v) is 24.7. The van der Waals surface area contributed by atoms with E-state index in [2.05, 4.69) is 27.3 Å². The lowest BCUT2D eigenvalue weighted by molar-refractivity contribution is -0.148. The lowest BCUT2D eigenvalue weighted by Crippen LogP contribution is -2.53. The van der Waals surface area contributed by atoms with E-state index in [1.165, 1.54) is 11.8 Å². The van der Waals surface area contributed by atoms with Crippen molar-refractivity contribution in [2.75, 3.05) is 19.6 Å². The van der Waals surface area contributed by atoms with Crippen LogP contribution in [-0.4, -0.2) is 58.3 Å². The highest BCUT2D eigenvalue weighted by Gasteiger charge is 2.45. The maximum Gasteiger partial charge on any atom is 0.236 e. The molecule has 1 saturated carbocycles. The minimum atomic E-state index is -1.01. The van der Waals surface area contributed by atoms with Crippen LogP contribution in [0.5, 0.6) is 0 Å². The second-order valence-corrected chi connectivity index (χ2v) is 12.4. The Hall–Kier alpha value is -3.65. The van der Waals surface area contributed by atoms with Crippen molar-refractivity contribution < 1.29 is 18.4 Å². The molecule has 2 unspecified atom stereocenters. The van der Waals surface area contributed by atoms with Crippen LogP contribution in [0.4, 0.5) is 8.78 Å². The standard InChI is InChI=1S/C35H40F2N4O2/c1-23(24-7-3-2-4-8-24)41-20-17-29(26-12-15-30(36)31(37)21-26)33(35(41)43)34(42)39-27-16-19-40(22-27)28-13-10-25(11-14-28)32-9-5-6-18-38-32/h2-9,12,15,18,21,23,25,27-29,33H,10-11,13-14,16-17,19-20,22H2,1H3,(H,39,42)/t23-,25?,27-,28?,29?,33?/m1/s1. The van der Waals surface area contributed by atoms with Crippen LogP contribution in [0, 0.1) is 17.6 Å². The first-order chi connectivity index (χ1) is 20.9. The molecule has 1 aromatic heterocycles. The number of piperidine rings is 1. The monoisotopic (exact) mass is 586 g/mol. The lowest BCUT2D eigenvalue weighted by atomic mass is 9.78. The minimum Gasteiger partial charge on any atom is -0.351 e. The molecule has 6 nitrogen and oxygen atoms in total. The number of carbonyl (C=O) groups is 2. The van der Waals surface area contributed by atoms with E-state index in [0.29, 0.717) is 30.5 Å². The quantitative estimate of drug-likeness (QED) is 0.347. The highest BCUT2D eigenvalue weighted by Crippen LogP contribution is 2.39. The van der Waals surface area contributed by atoms with Gasteiger partial charge >= 0.3 is 0 Å². The van der Waals surface area contributed by atoms with Gasteiger partial charge in [0.05, 0.1) is 6.04 Å². The van der Waals surface area contributed by atoms with Gasteiger partial charge in [0, 0.05) is 55.4 Å². The SMILES string of the molecule is C[C@H](c1ccccc1)N1CCC(c2ccc(F)c(F)c2)C(C(=O)N[C@@H]2CCN(C3CCC(c4ccccn4)CC3)C2)C1=O. The normalized spacial score (nSPS) is 27.2. The summed E-state index contributed by atoms with van der Waals surface area (Å²) in [4.78, 5) is 36.8. The van der Waals surface area contributed by atoms with Gasteiger partial charge in [0.25, 0.3) is 0 Å². The third-order valence-corrected chi connectivity index (χ3v) is 9.92. The number of rotatable bonds is 7. The number of aromatic nitrogens is 1. The molecule has 2 aromatic carbocycles. The van der Waals surface area contributed by atoms with Crippen LogP contribution in [0.3, 0.4) is 0 Å². The smallest absolute Gasteiger partial charge is 0.236 e. The first-order valence-electron chi connectivity index (χ1n) is 15.6. The van der Waals surface area contributed by atoms with Gasteiger partial charge in [-0.15, -0.1) is 0 Å². The molecule has 3 aromatic rings. The van der Waals surface area contributed by atoms with E-state index in [0.717, 1.165) is 62.9 Å². The molecule has 6 rings (SSSR count). The summed E-state index contributed by atoms with van der Waals surface area (Å²) < 4.78 is 28.1. The molecular formula is C35H40F2N4O2. The van der Waals surface area contributed by atoms with Crippen molar-refractivity contribution in [3.63, 3.8) is 0 Å². The number of halogens is 2. The molecule has 1 aliphatic carbocycles. The third kappa shape index (κ3) is 6.35. The van der Waals surface area contributed by atoms with Crippen LogP contribution in [0.1, 0.15) is 80.1 Å². The number of nitrogens with one attached hydrogen (secondary N) is 1. The van der Waals surface area contributed by atoms with Crippen molar-refractivity contribution in [3.05, 3.63) is 101 Å². The minimum absolute atomic E-state index is 0.0543. The Morgan fingerprint density at radius 3 is 2.40 bits per heavy atom. The highest BCUT2D eigenvalue weighted by atomic mass is 19.2. The molecule has 2 saturated heterocycles. The fraction of sp³-hybridized carbons (Fsp3) is 0.457. The van der Waals surface area contributed by atoms with Crippen molar-refractivity contribution in [2.45, 2.75) is 75.4 Å². The molecule has 43 heavy (non-hydrogen) atoms. The molecule has 0 bridgehead atoms. The molecule has 4 atom stereocenters. The first-order valence-corrected chi connectivity index (χ1v) is 15.6. The number of amides is 2. The maximum atomic E-state index is 14.3. The van der Waals surface area contributed by atoms with Crippen LogP contribution < -0.4 is 5.32 Å². The number of hydrogen-bond acceptors (Lipinski definition) is 4. The van der Waals surface area contributed by atoms with Crippen LogP contribution in [0.15, 0.2) is 72.9 Å². The number of benzene rings is 2. The van der Waals surface area contributed by atoms with E-state index in [1.54, 1.807) is 4.90 Å². The van der Waals surface area contributed by atoms with Crippen molar-refractivity contribution in [1.82, 2.24) is 20.1 Å². The molecule has 1 N–H and O–H groups in total.